The monoisotopic (exact) mass is 245 g/mol. The number of nitrogens with one attached hydrogen (secondary N) is 2. The SMILES string of the molecule is Cc1ncccc1NC(=O)C1NCC2CCCC21. The van der Waals surface area contributed by atoms with Crippen LogP contribution in [0.4, 0.5) is 5.69 Å². The summed E-state index contributed by atoms with van der Waals surface area (Å²) < 4.78 is 0. The number of fused-ring (bicyclic) bond motifs is 1. The zero-order valence-corrected chi connectivity index (χ0v) is 10.6. The third kappa shape index (κ3) is 2.01. The van der Waals surface area contributed by atoms with Gasteiger partial charge in [0, 0.05) is 6.20 Å². The lowest BCUT2D eigenvalue weighted by atomic mass is 9.93. The van der Waals surface area contributed by atoms with Crippen molar-refractivity contribution in [3.8, 4) is 0 Å². The molecule has 2 heterocycles. The van der Waals surface area contributed by atoms with E-state index in [0.717, 1.165) is 17.9 Å². The summed E-state index contributed by atoms with van der Waals surface area (Å²) in [4.78, 5) is 16.5. The lowest BCUT2D eigenvalue weighted by Crippen LogP contribution is -2.39. The second-order valence-electron chi connectivity index (χ2n) is 5.37. The molecule has 4 heteroatoms. The number of rotatable bonds is 2. The first-order chi connectivity index (χ1) is 8.75. The van der Waals surface area contributed by atoms with Gasteiger partial charge in [-0.05, 0) is 50.3 Å². The van der Waals surface area contributed by atoms with Crippen LogP contribution >= 0.6 is 0 Å². The second kappa shape index (κ2) is 4.69. The second-order valence-corrected chi connectivity index (χ2v) is 5.37. The number of hydrogen-bond acceptors (Lipinski definition) is 3. The fourth-order valence-electron chi connectivity index (χ4n) is 3.30. The topological polar surface area (TPSA) is 54.0 Å². The average molecular weight is 245 g/mol. The molecule has 1 aromatic heterocycles. The maximum atomic E-state index is 12.3. The number of aromatic nitrogens is 1. The van der Waals surface area contributed by atoms with Crippen molar-refractivity contribution in [2.24, 2.45) is 11.8 Å². The Bertz CT molecular complexity index is 460. The zero-order valence-electron chi connectivity index (χ0n) is 10.6. The van der Waals surface area contributed by atoms with Crippen molar-refractivity contribution in [2.75, 3.05) is 11.9 Å². The highest BCUT2D eigenvalue weighted by molar-refractivity contribution is 5.95. The number of carbonyl (C=O) groups is 1. The van der Waals surface area contributed by atoms with Crippen molar-refractivity contribution in [3.05, 3.63) is 24.0 Å². The Labute approximate surface area is 107 Å². The Morgan fingerprint density at radius 3 is 3.22 bits per heavy atom. The van der Waals surface area contributed by atoms with Gasteiger partial charge in [0.2, 0.25) is 5.91 Å². The Morgan fingerprint density at radius 2 is 2.39 bits per heavy atom. The van der Waals surface area contributed by atoms with E-state index in [0.29, 0.717) is 11.8 Å². The van der Waals surface area contributed by atoms with Gasteiger partial charge in [0.1, 0.15) is 0 Å². The standard InChI is InChI=1S/C14H19N3O/c1-9-12(6-3-7-15-9)17-14(18)13-11-5-2-4-10(11)8-16-13/h3,6-7,10-11,13,16H,2,4-5,8H2,1H3,(H,17,18). The van der Waals surface area contributed by atoms with E-state index in [-0.39, 0.29) is 11.9 Å². The Balaban J connectivity index is 1.70. The Kier molecular flexibility index (Phi) is 3.04. The van der Waals surface area contributed by atoms with Gasteiger partial charge in [-0.2, -0.15) is 0 Å². The molecule has 1 aliphatic heterocycles. The van der Waals surface area contributed by atoms with Crippen molar-refractivity contribution in [3.63, 3.8) is 0 Å². The first kappa shape index (κ1) is 11.7. The van der Waals surface area contributed by atoms with Gasteiger partial charge in [-0.25, -0.2) is 0 Å². The molecule has 3 rings (SSSR count). The molecule has 1 saturated heterocycles. The third-order valence-corrected chi connectivity index (χ3v) is 4.29. The van der Waals surface area contributed by atoms with Crippen LogP contribution in [0.25, 0.3) is 0 Å². The fourth-order valence-corrected chi connectivity index (χ4v) is 3.30. The zero-order chi connectivity index (χ0) is 12.5. The van der Waals surface area contributed by atoms with E-state index < -0.39 is 0 Å². The largest absolute Gasteiger partial charge is 0.323 e. The van der Waals surface area contributed by atoms with Crippen LogP contribution in [0.1, 0.15) is 25.0 Å². The van der Waals surface area contributed by atoms with Crippen molar-refractivity contribution in [1.29, 1.82) is 0 Å². The molecule has 1 aliphatic carbocycles. The van der Waals surface area contributed by atoms with Crippen LogP contribution in [0, 0.1) is 18.8 Å². The average Bonchev–Trinajstić information content (AvgIpc) is 2.93. The molecule has 96 valence electrons. The highest BCUT2D eigenvalue weighted by atomic mass is 16.2. The van der Waals surface area contributed by atoms with Crippen LogP contribution in [-0.2, 0) is 4.79 Å². The first-order valence-electron chi connectivity index (χ1n) is 6.71. The van der Waals surface area contributed by atoms with Crippen molar-refractivity contribution < 1.29 is 4.79 Å². The summed E-state index contributed by atoms with van der Waals surface area (Å²) in [7, 11) is 0. The van der Waals surface area contributed by atoms with E-state index in [1.807, 2.05) is 19.1 Å². The smallest absolute Gasteiger partial charge is 0.241 e. The number of amides is 1. The van der Waals surface area contributed by atoms with Gasteiger partial charge in [-0.15, -0.1) is 0 Å². The molecule has 4 nitrogen and oxygen atoms in total. The predicted octanol–water partition coefficient (Wildman–Crippen LogP) is 1.72. The summed E-state index contributed by atoms with van der Waals surface area (Å²) in [6.07, 6.45) is 5.47. The molecule has 0 aromatic carbocycles. The van der Waals surface area contributed by atoms with E-state index in [2.05, 4.69) is 15.6 Å². The molecule has 2 fully saturated rings. The van der Waals surface area contributed by atoms with Crippen LogP contribution in [0.5, 0.6) is 0 Å². The molecule has 18 heavy (non-hydrogen) atoms. The van der Waals surface area contributed by atoms with Gasteiger partial charge in [0.25, 0.3) is 0 Å². The molecule has 0 spiro atoms. The molecular formula is C14H19N3O. The number of anilines is 1. The lowest BCUT2D eigenvalue weighted by molar-refractivity contribution is -0.118. The minimum atomic E-state index is -0.0166. The van der Waals surface area contributed by atoms with Gasteiger partial charge in [0.15, 0.2) is 0 Å². The fraction of sp³-hybridized carbons (Fsp3) is 0.571. The maximum absolute atomic E-state index is 12.3. The molecule has 3 unspecified atom stereocenters. The summed E-state index contributed by atoms with van der Waals surface area (Å²) >= 11 is 0. The summed E-state index contributed by atoms with van der Waals surface area (Å²) in [5.74, 6) is 1.33. The molecule has 0 bridgehead atoms. The quantitative estimate of drug-likeness (QED) is 0.834. The van der Waals surface area contributed by atoms with Gasteiger partial charge < -0.3 is 10.6 Å². The van der Waals surface area contributed by atoms with Crippen LogP contribution in [0.3, 0.4) is 0 Å². The van der Waals surface area contributed by atoms with E-state index in [4.69, 9.17) is 0 Å². The highest BCUT2D eigenvalue weighted by Gasteiger charge is 2.42. The number of carbonyl (C=O) groups excluding carboxylic acids is 1. The van der Waals surface area contributed by atoms with Crippen molar-refractivity contribution in [1.82, 2.24) is 10.3 Å². The van der Waals surface area contributed by atoms with Gasteiger partial charge in [0.05, 0.1) is 17.4 Å². The molecular weight excluding hydrogens is 226 g/mol. The summed E-state index contributed by atoms with van der Waals surface area (Å²) in [5.41, 5.74) is 1.69. The number of pyridine rings is 1. The van der Waals surface area contributed by atoms with Crippen LogP contribution in [0.15, 0.2) is 18.3 Å². The third-order valence-electron chi connectivity index (χ3n) is 4.29. The number of nitrogens with zero attached hydrogens (tertiary/aromatic N) is 1. The molecule has 3 atom stereocenters. The van der Waals surface area contributed by atoms with Crippen molar-refractivity contribution >= 4 is 11.6 Å². The van der Waals surface area contributed by atoms with E-state index in [9.17, 15) is 4.79 Å². The molecule has 2 N–H and O–H groups in total. The van der Waals surface area contributed by atoms with Crippen LogP contribution < -0.4 is 10.6 Å². The molecule has 1 saturated carbocycles. The maximum Gasteiger partial charge on any atom is 0.241 e. The Morgan fingerprint density at radius 1 is 1.50 bits per heavy atom. The summed E-state index contributed by atoms with van der Waals surface area (Å²) in [6, 6.07) is 3.74. The van der Waals surface area contributed by atoms with Crippen LogP contribution in [-0.4, -0.2) is 23.5 Å². The predicted molar refractivity (Wildman–Crippen MR) is 70.2 cm³/mol. The van der Waals surface area contributed by atoms with E-state index >= 15 is 0 Å². The Hall–Kier alpha value is -1.42. The van der Waals surface area contributed by atoms with Gasteiger partial charge in [-0.3, -0.25) is 9.78 Å². The minimum Gasteiger partial charge on any atom is -0.323 e. The van der Waals surface area contributed by atoms with E-state index in [1.165, 1.54) is 19.3 Å². The molecule has 2 aliphatic rings. The molecule has 1 amide bonds. The lowest BCUT2D eigenvalue weighted by Gasteiger charge is -2.18. The number of aryl methyl sites for hydroxylation is 1. The first-order valence-corrected chi connectivity index (χ1v) is 6.71. The van der Waals surface area contributed by atoms with Crippen LogP contribution in [0.2, 0.25) is 0 Å². The summed E-state index contributed by atoms with van der Waals surface area (Å²) in [5, 5.41) is 6.37. The summed E-state index contributed by atoms with van der Waals surface area (Å²) in [6.45, 7) is 2.91. The minimum absolute atomic E-state index is 0.0166. The molecule has 1 aromatic rings. The van der Waals surface area contributed by atoms with E-state index in [1.54, 1.807) is 6.20 Å². The van der Waals surface area contributed by atoms with Gasteiger partial charge >= 0.3 is 0 Å². The number of hydrogen-bond donors (Lipinski definition) is 2. The normalized spacial score (nSPS) is 30.2. The molecule has 0 radical (unpaired) electrons. The van der Waals surface area contributed by atoms with Gasteiger partial charge in [-0.1, -0.05) is 6.42 Å². The van der Waals surface area contributed by atoms with Crippen molar-refractivity contribution in [2.45, 2.75) is 32.2 Å². The highest BCUT2D eigenvalue weighted by Crippen LogP contribution is 2.37.